The van der Waals surface area contributed by atoms with E-state index >= 15 is 0 Å². The highest BCUT2D eigenvalue weighted by Gasteiger charge is 2.14. The first kappa shape index (κ1) is 16.6. The van der Waals surface area contributed by atoms with E-state index in [1.54, 1.807) is 30.0 Å². The smallest absolute Gasteiger partial charge is 0.291 e. The second-order valence-corrected chi connectivity index (χ2v) is 6.38. The number of rotatable bonds is 5. The molecule has 0 saturated heterocycles. The van der Waals surface area contributed by atoms with Crippen LogP contribution in [0.4, 0.5) is 10.1 Å². The number of carbonyl (C=O) groups excluding carboxylic acids is 1. The van der Waals surface area contributed by atoms with Gasteiger partial charge in [0.2, 0.25) is 0 Å². The maximum Gasteiger partial charge on any atom is 0.291 e. The van der Waals surface area contributed by atoms with Crippen LogP contribution in [0, 0.1) is 5.82 Å². The quantitative estimate of drug-likeness (QED) is 0.600. The third-order valence-electron chi connectivity index (χ3n) is 3.21. The van der Waals surface area contributed by atoms with E-state index in [0.29, 0.717) is 11.5 Å². The molecule has 0 bridgehead atoms. The van der Waals surface area contributed by atoms with Crippen LogP contribution in [-0.2, 0) is 5.75 Å². The van der Waals surface area contributed by atoms with Gasteiger partial charge in [0.05, 0.1) is 16.5 Å². The molecule has 0 aliphatic heterocycles. The molecule has 1 heterocycles. The first-order valence-electron chi connectivity index (χ1n) is 7.15. The molecule has 122 valence electrons. The number of hydrogen-bond donors (Lipinski definition) is 1. The lowest BCUT2D eigenvalue weighted by Gasteiger charge is -2.05. The number of nitrogens with one attached hydrogen (secondary N) is 1. The summed E-state index contributed by atoms with van der Waals surface area (Å²) in [5.41, 5.74) is 0.0177. The van der Waals surface area contributed by atoms with Crippen molar-refractivity contribution in [3.63, 3.8) is 0 Å². The van der Waals surface area contributed by atoms with Gasteiger partial charge in [0, 0.05) is 4.90 Å². The van der Waals surface area contributed by atoms with Crippen LogP contribution in [0.5, 0.6) is 0 Å². The minimum absolute atomic E-state index is 0.0177. The van der Waals surface area contributed by atoms with E-state index in [4.69, 9.17) is 16.0 Å². The number of hydrogen-bond acceptors (Lipinski definition) is 3. The Kier molecular flexibility index (Phi) is 5.23. The Balaban J connectivity index is 1.64. The number of anilines is 1. The number of benzene rings is 2. The SMILES string of the molecule is O=C(Nc1cccc(Cl)c1F)c1ccc(CSc2ccccc2)o1. The molecular formula is C18H13ClFNO2S. The third kappa shape index (κ3) is 3.99. The summed E-state index contributed by atoms with van der Waals surface area (Å²) in [4.78, 5) is 13.3. The van der Waals surface area contributed by atoms with Gasteiger partial charge in [0.1, 0.15) is 5.76 Å². The molecule has 3 rings (SSSR count). The first-order valence-corrected chi connectivity index (χ1v) is 8.52. The van der Waals surface area contributed by atoms with E-state index in [0.717, 1.165) is 4.90 Å². The van der Waals surface area contributed by atoms with Gasteiger partial charge in [-0.2, -0.15) is 0 Å². The van der Waals surface area contributed by atoms with Crippen LogP contribution >= 0.6 is 23.4 Å². The predicted octanol–water partition coefficient (Wildman–Crippen LogP) is 5.62. The summed E-state index contributed by atoms with van der Waals surface area (Å²) in [6.07, 6.45) is 0. The van der Waals surface area contributed by atoms with Crippen molar-refractivity contribution >= 4 is 35.0 Å². The number of halogens is 2. The Bertz CT molecular complexity index is 851. The van der Waals surface area contributed by atoms with E-state index in [1.807, 2.05) is 30.3 Å². The molecule has 2 aromatic carbocycles. The average molecular weight is 362 g/mol. The molecule has 1 aromatic heterocycles. The van der Waals surface area contributed by atoms with Crippen LogP contribution in [0.15, 0.2) is 70.0 Å². The van der Waals surface area contributed by atoms with Crippen molar-refractivity contribution < 1.29 is 13.6 Å². The normalized spacial score (nSPS) is 10.6. The van der Waals surface area contributed by atoms with Gasteiger partial charge in [-0.25, -0.2) is 4.39 Å². The summed E-state index contributed by atoms with van der Waals surface area (Å²) in [7, 11) is 0. The lowest BCUT2D eigenvalue weighted by molar-refractivity contribution is 0.0995. The minimum Gasteiger partial charge on any atom is -0.455 e. The van der Waals surface area contributed by atoms with E-state index in [9.17, 15) is 9.18 Å². The summed E-state index contributed by atoms with van der Waals surface area (Å²) in [5, 5.41) is 2.41. The summed E-state index contributed by atoms with van der Waals surface area (Å²) in [5.74, 6) is 0.202. The molecule has 0 spiro atoms. The lowest BCUT2D eigenvalue weighted by atomic mass is 10.3. The van der Waals surface area contributed by atoms with Gasteiger partial charge in [-0.05, 0) is 36.4 Å². The standard InChI is InChI=1S/C18H13ClFNO2S/c19-14-7-4-8-15(17(14)20)21-18(22)16-10-9-12(23-16)11-24-13-5-2-1-3-6-13/h1-10H,11H2,(H,21,22). The molecule has 1 N–H and O–H groups in total. The molecule has 0 unspecified atom stereocenters. The van der Waals surface area contributed by atoms with Crippen LogP contribution in [0.2, 0.25) is 5.02 Å². The highest BCUT2D eigenvalue weighted by molar-refractivity contribution is 7.98. The summed E-state index contributed by atoms with van der Waals surface area (Å²) in [6, 6.07) is 17.6. The maximum absolute atomic E-state index is 13.8. The lowest BCUT2D eigenvalue weighted by Crippen LogP contribution is -2.12. The summed E-state index contributed by atoms with van der Waals surface area (Å²) >= 11 is 7.30. The fourth-order valence-corrected chi connectivity index (χ4v) is 3.02. The Morgan fingerprint density at radius 2 is 1.88 bits per heavy atom. The minimum atomic E-state index is -0.668. The molecule has 0 aliphatic rings. The van der Waals surface area contributed by atoms with Crippen LogP contribution < -0.4 is 5.32 Å². The van der Waals surface area contributed by atoms with Gasteiger partial charge in [-0.15, -0.1) is 11.8 Å². The fourth-order valence-electron chi connectivity index (χ4n) is 2.03. The molecule has 3 nitrogen and oxygen atoms in total. The largest absolute Gasteiger partial charge is 0.455 e. The second-order valence-electron chi connectivity index (χ2n) is 4.92. The second kappa shape index (κ2) is 7.55. The van der Waals surface area contributed by atoms with Gasteiger partial charge >= 0.3 is 0 Å². The van der Waals surface area contributed by atoms with E-state index < -0.39 is 11.7 Å². The molecule has 0 aliphatic carbocycles. The van der Waals surface area contributed by atoms with E-state index in [2.05, 4.69) is 5.32 Å². The molecule has 0 saturated carbocycles. The molecule has 24 heavy (non-hydrogen) atoms. The van der Waals surface area contributed by atoms with Gasteiger partial charge in [-0.1, -0.05) is 35.9 Å². The highest BCUT2D eigenvalue weighted by atomic mass is 35.5. The highest BCUT2D eigenvalue weighted by Crippen LogP contribution is 2.25. The zero-order valence-electron chi connectivity index (χ0n) is 12.5. The van der Waals surface area contributed by atoms with E-state index in [1.165, 1.54) is 12.1 Å². The molecule has 6 heteroatoms. The zero-order valence-corrected chi connectivity index (χ0v) is 14.0. The van der Waals surface area contributed by atoms with Gasteiger partial charge in [0.15, 0.2) is 11.6 Å². The number of furan rings is 1. The van der Waals surface area contributed by atoms with Crippen LogP contribution in [0.3, 0.4) is 0 Å². The number of carbonyl (C=O) groups is 1. The van der Waals surface area contributed by atoms with Crippen molar-refractivity contribution in [2.24, 2.45) is 0 Å². The van der Waals surface area contributed by atoms with Crippen LogP contribution in [-0.4, -0.2) is 5.91 Å². The Morgan fingerprint density at radius 1 is 1.08 bits per heavy atom. The molecule has 0 fully saturated rings. The van der Waals surface area contributed by atoms with Crippen molar-refractivity contribution in [1.29, 1.82) is 0 Å². The molecular weight excluding hydrogens is 349 g/mol. The summed E-state index contributed by atoms with van der Waals surface area (Å²) < 4.78 is 19.3. The number of thioether (sulfide) groups is 1. The van der Waals surface area contributed by atoms with Crippen molar-refractivity contribution in [1.82, 2.24) is 0 Å². The maximum atomic E-state index is 13.8. The zero-order chi connectivity index (χ0) is 16.9. The monoisotopic (exact) mass is 361 g/mol. The summed E-state index contributed by atoms with van der Waals surface area (Å²) in [6.45, 7) is 0. The van der Waals surface area contributed by atoms with Crippen molar-refractivity contribution in [2.75, 3.05) is 5.32 Å². The van der Waals surface area contributed by atoms with Gasteiger partial charge in [-0.3, -0.25) is 4.79 Å². The van der Waals surface area contributed by atoms with Gasteiger partial charge < -0.3 is 9.73 Å². The third-order valence-corrected chi connectivity index (χ3v) is 4.54. The topological polar surface area (TPSA) is 42.2 Å². The predicted molar refractivity (Wildman–Crippen MR) is 94.1 cm³/mol. The molecule has 3 aromatic rings. The molecule has 1 amide bonds. The van der Waals surface area contributed by atoms with Crippen LogP contribution in [0.25, 0.3) is 0 Å². The number of amides is 1. The fraction of sp³-hybridized carbons (Fsp3) is 0.0556. The van der Waals surface area contributed by atoms with Crippen molar-refractivity contribution in [3.05, 3.63) is 83.0 Å². The first-order chi connectivity index (χ1) is 11.6. The Hall–Kier alpha value is -2.24. The van der Waals surface area contributed by atoms with Crippen molar-refractivity contribution in [3.8, 4) is 0 Å². The molecule has 0 radical (unpaired) electrons. The van der Waals surface area contributed by atoms with Gasteiger partial charge in [0.25, 0.3) is 5.91 Å². The van der Waals surface area contributed by atoms with Crippen molar-refractivity contribution in [2.45, 2.75) is 10.6 Å². The van der Waals surface area contributed by atoms with Crippen LogP contribution in [0.1, 0.15) is 16.3 Å². The van der Waals surface area contributed by atoms with E-state index in [-0.39, 0.29) is 16.5 Å². The molecule has 0 atom stereocenters. The Morgan fingerprint density at radius 3 is 2.67 bits per heavy atom. The Labute approximate surface area is 147 Å². The average Bonchev–Trinajstić information content (AvgIpc) is 3.07.